The van der Waals surface area contributed by atoms with Crippen molar-refractivity contribution in [3.05, 3.63) is 0 Å². The van der Waals surface area contributed by atoms with Crippen LogP contribution in [0.15, 0.2) is 0 Å². The lowest BCUT2D eigenvalue weighted by atomic mass is 10.2. The molecular weight excluding hydrogens is 268 g/mol. The topological polar surface area (TPSA) is 83.6 Å². The highest BCUT2D eigenvalue weighted by molar-refractivity contribution is 7.91. The molecule has 2 amide bonds. The van der Waals surface area contributed by atoms with E-state index in [0.29, 0.717) is 6.42 Å². The van der Waals surface area contributed by atoms with E-state index < -0.39 is 9.84 Å². The zero-order valence-corrected chi connectivity index (χ0v) is 12.5. The summed E-state index contributed by atoms with van der Waals surface area (Å²) >= 11 is 0. The number of sulfone groups is 1. The number of carbonyl (C=O) groups is 2. The molecule has 1 N–H and O–H groups in total. The number of rotatable bonds is 5. The molecule has 1 aliphatic rings. The van der Waals surface area contributed by atoms with Crippen LogP contribution in [0.3, 0.4) is 0 Å². The van der Waals surface area contributed by atoms with Gasteiger partial charge < -0.3 is 10.2 Å². The molecule has 0 aliphatic carbocycles. The van der Waals surface area contributed by atoms with Gasteiger partial charge in [-0.1, -0.05) is 6.92 Å². The van der Waals surface area contributed by atoms with Gasteiger partial charge in [0.15, 0.2) is 9.84 Å². The van der Waals surface area contributed by atoms with E-state index in [1.807, 2.05) is 13.8 Å². The Hall–Kier alpha value is -1.11. The molecule has 1 saturated heterocycles. The maximum absolute atomic E-state index is 11.8. The van der Waals surface area contributed by atoms with E-state index in [9.17, 15) is 18.0 Å². The first-order valence-corrected chi connectivity index (χ1v) is 8.34. The molecule has 0 spiro atoms. The molecule has 7 heteroatoms. The predicted molar refractivity (Wildman–Crippen MR) is 72.3 cm³/mol. The highest BCUT2D eigenvalue weighted by Crippen LogP contribution is 2.17. The molecule has 0 bridgehead atoms. The van der Waals surface area contributed by atoms with Crippen LogP contribution in [0.1, 0.15) is 33.6 Å². The van der Waals surface area contributed by atoms with Crippen molar-refractivity contribution in [3.63, 3.8) is 0 Å². The number of nitrogens with zero attached hydrogens (tertiary/aromatic N) is 1. The van der Waals surface area contributed by atoms with Gasteiger partial charge in [0, 0.05) is 19.0 Å². The van der Waals surface area contributed by atoms with Crippen molar-refractivity contribution >= 4 is 21.7 Å². The molecule has 0 radical (unpaired) electrons. The van der Waals surface area contributed by atoms with Crippen molar-refractivity contribution in [2.24, 2.45) is 0 Å². The van der Waals surface area contributed by atoms with E-state index in [0.717, 1.165) is 6.42 Å². The van der Waals surface area contributed by atoms with Gasteiger partial charge in [-0.25, -0.2) is 8.42 Å². The van der Waals surface area contributed by atoms with Gasteiger partial charge >= 0.3 is 0 Å². The minimum absolute atomic E-state index is 0.0385. The van der Waals surface area contributed by atoms with Crippen molar-refractivity contribution in [1.82, 2.24) is 10.2 Å². The van der Waals surface area contributed by atoms with Crippen LogP contribution in [0.4, 0.5) is 0 Å². The first-order chi connectivity index (χ1) is 8.75. The Balaban J connectivity index is 2.64. The van der Waals surface area contributed by atoms with Crippen molar-refractivity contribution in [2.75, 3.05) is 18.1 Å². The highest BCUT2D eigenvalue weighted by atomic mass is 32.2. The quantitative estimate of drug-likeness (QED) is 0.768. The van der Waals surface area contributed by atoms with Crippen LogP contribution >= 0.6 is 0 Å². The summed E-state index contributed by atoms with van der Waals surface area (Å²) in [6, 6.07) is -0.321. The second-order valence-corrected chi connectivity index (χ2v) is 7.31. The molecule has 1 fully saturated rings. The Kier molecular flexibility index (Phi) is 5.34. The SMILES string of the molecule is CCC(C)NC(=O)CN(C(C)=O)C1CCS(=O)(=O)C1. The molecule has 19 heavy (non-hydrogen) atoms. The van der Waals surface area contributed by atoms with Crippen LogP contribution in [0.2, 0.25) is 0 Å². The molecule has 1 rings (SSSR count). The summed E-state index contributed by atoms with van der Waals surface area (Å²) in [5.41, 5.74) is 0. The zero-order chi connectivity index (χ0) is 14.6. The van der Waals surface area contributed by atoms with Crippen LogP contribution < -0.4 is 5.32 Å². The standard InChI is InChI=1S/C12H22N2O4S/c1-4-9(2)13-12(16)7-14(10(3)15)11-5-6-19(17,18)8-11/h9,11H,4-8H2,1-3H3,(H,13,16). The van der Waals surface area contributed by atoms with Crippen LogP contribution in [-0.2, 0) is 19.4 Å². The summed E-state index contributed by atoms with van der Waals surface area (Å²) < 4.78 is 22.9. The van der Waals surface area contributed by atoms with Crippen molar-refractivity contribution in [2.45, 2.75) is 45.7 Å². The fraction of sp³-hybridized carbons (Fsp3) is 0.833. The molecule has 0 aromatic rings. The maximum atomic E-state index is 11.8. The summed E-state index contributed by atoms with van der Waals surface area (Å²) in [7, 11) is -3.06. The Morgan fingerprint density at radius 2 is 2.05 bits per heavy atom. The lowest BCUT2D eigenvalue weighted by Gasteiger charge is -2.27. The number of hydrogen-bond donors (Lipinski definition) is 1. The van der Waals surface area contributed by atoms with Crippen LogP contribution in [0.5, 0.6) is 0 Å². The lowest BCUT2D eigenvalue weighted by Crippen LogP contribution is -2.47. The molecular formula is C12H22N2O4S. The first-order valence-electron chi connectivity index (χ1n) is 6.52. The third-order valence-electron chi connectivity index (χ3n) is 3.39. The summed E-state index contributed by atoms with van der Waals surface area (Å²) in [6.07, 6.45) is 1.22. The van der Waals surface area contributed by atoms with Gasteiger partial charge in [0.2, 0.25) is 11.8 Å². The molecule has 0 aromatic carbocycles. The average molecular weight is 290 g/mol. The Labute approximate surface area is 114 Å². The Bertz CT molecular complexity index is 447. The third-order valence-corrected chi connectivity index (χ3v) is 5.14. The molecule has 1 heterocycles. The fourth-order valence-electron chi connectivity index (χ4n) is 2.10. The average Bonchev–Trinajstić information content (AvgIpc) is 2.65. The van der Waals surface area contributed by atoms with Gasteiger partial charge in [-0.3, -0.25) is 9.59 Å². The van der Waals surface area contributed by atoms with Gasteiger partial charge in [0.1, 0.15) is 0 Å². The van der Waals surface area contributed by atoms with Crippen LogP contribution in [-0.4, -0.2) is 55.3 Å². The molecule has 6 nitrogen and oxygen atoms in total. The van der Waals surface area contributed by atoms with E-state index in [-0.39, 0.29) is 41.9 Å². The van der Waals surface area contributed by atoms with E-state index in [1.54, 1.807) is 0 Å². The third kappa shape index (κ3) is 4.81. The smallest absolute Gasteiger partial charge is 0.239 e. The molecule has 1 aliphatic heterocycles. The second kappa shape index (κ2) is 6.36. The molecule has 2 atom stereocenters. The van der Waals surface area contributed by atoms with Crippen molar-refractivity contribution in [3.8, 4) is 0 Å². The van der Waals surface area contributed by atoms with E-state index in [2.05, 4.69) is 5.32 Å². The van der Waals surface area contributed by atoms with Gasteiger partial charge in [-0.05, 0) is 19.8 Å². The highest BCUT2D eigenvalue weighted by Gasteiger charge is 2.34. The van der Waals surface area contributed by atoms with Gasteiger partial charge in [0.25, 0.3) is 0 Å². The monoisotopic (exact) mass is 290 g/mol. The van der Waals surface area contributed by atoms with Gasteiger partial charge in [0.05, 0.1) is 18.1 Å². The fourth-order valence-corrected chi connectivity index (χ4v) is 3.83. The summed E-state index contributed by atoms with van der Waals surface area (Å²) in [5.74, 6) is -0.451. The lowest BCUT2D eigenvalue weighted by molar-refractivity contribution is -0.136. The van der Waals surface area contributed by atoms with E-state index in [1.165, 1.54) is 11.8 Å². The number of carbonyl (C=O) groups excluding carboxylic acids is 2. The predicted octanol–water partition coefficient (Wildman–Crippen LogP) is -0.0633. The molecule has 0 saturated carbocycles. The van der Waals surface area contributed by atoms with Gasteiger partial charge in [-0.15, -0.1) is 0 Å². The van der Waals surface area contributed by atoms with Gasteiger partial charge in [-0.2, -0.15) is 0 Å². The minimum Gasteiger partial charge on any atom is -0.352 e. The Morgan fingerprint density at radius 3 is 2.47 bits per heavy atom. The zero-order valence-electron chi connectivity index (χ0n) is 11.7. The second-order valence-electron chi connectivity index (χ2n) is 5.08. The summed E-state index contributed by atoms with van der Waals surface area (Å²) in [4.78, 5) is 24.7. The molecule has 0 aromatic heterocycles. The largest absolute Gasteiger partial charge is 0.352 e. The van der Waals surface area contributed by atoms with Crippen molar-refractivity contribution < 1.29 is 18.0 Å². The summed E-state index contributed by atoms with van der Waals surface area (Å²) in [5, 5.41) is 2.78. The van der Waals surface area contributed by atoms with E-state index >= 15 is 0 Å². The minimum atomic E-state index is -3.06. The first kappa shape index (κ1) is 15.9. The molecule has 110 valence electrons. The number of hydrogen-bond acceptors (Lipinski definition) is 4. The van der Waals surface area contributed by atoms with Crippen molar-refractivity contribution in [1.29, 1.82) is 0 Å². The number of nitrogens with one attached hydrogen (secondary N) is 1. The normalized spacial score (nSPS) is 22.8. The maximum Gasteiger partial charge on any atom is 0.239 e. The van der Waals surface area contributed by atoms with E-state index in [4.69, 9.17) is 0 Å². The molecule has 2 unspecified atom stereocenters. The van der Waals surface area contributed by atoms with Crippen LogP contribution in [0.25, 0.3) is 0 Å². The Morgan fingerprint density at radius 1 is 1.42 bits per heavy atom. The number of amides is 2. The summed E-state index contributed by atoms with van der Waals surface area (Å²) in [6.45, 7) is 5.13. The van der Waals surface area contributed by atoms with Crippen LogP contribution in [0, 0.1) is 0 Å².